The predicted molar refractivity (Wildman–Crippen MR) is 64.9 cm³/mol. The lowest BCUT2D eigenvalue weighted by molar-refractivity contribution is 1.03. The molecule has 0 bridgehead atoms. The third-order valence-corrected chi connectivity index (χ3v) is 2.55. The molecule has 0 aliphatic carbocycles. The van der Waals surface area contributed by atoms with Gasteiger partial charge in [-0.3, -0.25) is 0 Å². The summed E-state index contributed by atoms with van der Waals surface area (Å²) in [5.41, 5.74) is 2.58. The van der Waals surface area contributed by atoms with Crippen LogP contribution in [0.2, 0.25) is 0 Å². The third-order valence-electron chi connectivity index (χ3n) is 2.55. The molecule has 0 N–H and O–H groups in total. The molecule has 0 aliphatic rings. The summed E-state index contributed by atoms with van der Waals surface area (Å²) in [4.78, 5) is 0. The van der Waals surface area contributed by atoms with E-state index in [0.29, 0.717) is 5.92 Å². The smallest absolute Gasteiger partial charge is 0.0266 e. The zero-order chi connectivity index (χ0) is 10.5. The van der Waals surface area contributed by atoms with Crippen LogP contribution in [0.5, 0.6) is 0 Å². The highest BCUT2D eigenvalue weighted by Crippen LogP contribution is 2.24. The molecule has 0 spiro atoms. The van der Waals surface area contributed by atoms with E-state index < -0.39 is 0 Å². The Morgan fingerprint density at radius 1 is 0.733 bits per heavy atom. The van der Waals surface area contributed by atoms with Gasteiger partial charge in [0.25, 0.3) is 0 Å². The lowest BCUT2D eigenvalue weighted by Crippen LogP contribution is -1.96. The van der Waals surface area contributed by atoms with Gasteiger partial charge in [0, 0.05) is 5.92 Å². The van der Waals surface area contributed by atoms with Crippen molar-refractivity contribution in [2.75, 3.05) is 0 Å². The highest BCUT2D eigenvalue weighted by molar-refractivity contribution is 5.35. The summed E-state index contributed by atoms with van der Waals surface area (Å²) >= 11 is 0. The molecule has 0 heterocycles. The minimum absolute atomic E-state index is 0.299. The molecular formula is C15H14. The zero-order valence-corrected chi connectivity index (χ0v) is 8.64. The zero-order valence-electron chi connectivity index (χ0n) is 8.64. The quantitative estimate of drug-likeness (QED) is 0.648. The second-order valence-corrected chi connectivity index (χ2v) is 3.53. The average molecular weight is 194 g/mol. The molecule has 0 saturated carbocycles. The summed E-state index contributed by atoms with van der Waals surface area (Å²) in [6, 6.07) is 20.9. The molecule has 2 rings (SSSR count). The summed E-state index contributed by atoms with van der Waals surface area (Å²) in [6.45, 7) is 3.91. The van der Waals surface area contributed by atoms with Crippen LogP contribution in [0.4, 0.5) is 0 Å². The molecule has 0 unspecified atom stereocenters. The first-order valence-corrected chi connectivity index (χ1v) is 5.14. The topological polar surface area (TPSA) is 0 Å². The second kappa shape index (κ2) is 4.61. The fourth-order valence-electron chi connectivity index (χ4n) is 1.79. The lowest BCUT2D eigenvalue weighted by Gasteiger charge is -2.12. The van der Waals surface area contributed by atoms with Gasteiger partial charge in [-0.1, -0.05) is 66.7 Å². The summed E-state index contributed by atoms with van der Waals surface area (Å²) in [7, 11) is 0. The number of hydrogen-bond donors (Lipinski definition) is 0. The fraction of sp³-hybridized carbons (Fsp3) is 0.0667. The largest absolute Gasteiger partial charge is 0.102 e. The summed E-state index contributed by atoms with van der Waals surface area (Å²) in [6.07, 6.45) is 1.99. The van der Waals surface area contributed by atoms with Gasteiger partial charge in [-0.25, -0.2) is 0 Å². The molecule has 0 saturated heterocycles. The Balaban J connectivity index is 2.38. The highest BCUT2D eigenvalue weighted by Gasteiger charge is 2.08. The van der Waals surface area contributed by atoms with Gasteiger partial charge in [0.15, 0.2) is 0 Å². The molecular weight excluding hydrogens is 180 g/mol. The van der Waals surface area contributed by atoms with Crippen molar-refractivity contribution in [3.8, 4) is 0 Å². The molecule has 0 amide bonds. The van der Waals surface area contributed by atoms with Gasteiger partial charge in [-0.2, -0.15) is 0 Å². The normalized spacial score (nSPS) is 10.2. The van der Waals surface area contributed by atoms with E-state index in [9.17, 15) is 0 Å². The van der Waals surface area contributed by atoms with Crippen LogP contribution in [0.15, 0.2) is 73.3 Å². The van der Waals surface area contributed by atoms with Crippen molar-refractivity contribution in [2.45, 2.75) is 5.92 Å². The first-order valence-electron chi connectivity index (χ1n) is 5.14. The van der Waals surface area contributed by atoms with Gasteiger partial charge < -0.3 is 0 Å². The summed E-state index contributed by atoms with van der Waals surface area (Å²) in [5, 5.41) is 0. The molecule has 0 atom stereocenters. The maximum absolute atomic E-state index is 3.91. The van der Waals surface area contributed by atoms with Crippen molar-refractivity contribution in [1.82, 2.24) is 0 Å². The van der Waals surface area contributed by atoms with E-state index in [-0.39, 0.29) is 0 Å². The van der Waals surface area contributed by atoms with Gasteiger partial charge >= 0.3 is 0 Å². The maximum Gasteiger partial charge on any atom is 0.0266 e. The van der Waals surface area contributed by atoms with E-state index in [0.717, 1.165) is 0 Å². The van der Waals surface area contributed by atoms with E-state index in [2.05, 4.69) is 55.1 Å². The highest BCUT2D eigenvalue weighted by atomic mass is 14.1. The molecule has 0 radical (unpaired) electrons. The Kier molecular flexibility index (Phi) is 2.99. The van der Waals surface area contributed by atoms with Gasteiger partial charge in [0.1, 0.15) is 0 Å². The molecule has 2 aromatic rings. The number of allylic oxidation sites excluding steroid dienone is 1. The van der Waals surface area contributed by atoms with Crippen LogP contribution in [0.3, 0.4) is 0 Å². The van der Waals surface area contributed by atoms with Crippen molar-refractivity contribution in [2.24, 2.45) is 0 Å². The average Bonchev–Trinajstić information content (AvgIpc) is 2.33. The van der Waals surface area contributed by atoms with Crippen LogP contribution in [0.25, 0.3) is 0 Å². The number of benzene rings is 2. The van der Waals surface area contributed by atoms with E-state index in [1.54, 1.807) is 0 Å². The molecule has 0 aromatic heterocycles. The molecule has 15 heavy (non-hydrogen) atoms. The van der Waals surface area contributed by atoms with Crippen LogP contribution >= 0.6 is 0 Å². The van der Waals surface area contributed by atoms with Crippen molar-refractivity contribution in [3.63, 3.8) is 0 Å². The summed E-state index contributed by atoms with van der Waals surface area (Å²) < 4.78 is 0. The van der Waals surface area contributed by atoms with Crippen LogP contribution in [-0.2, 0) is 0 Å². The van der Waals surface area contributed by atoms with E-state index >= 15 is 0 Å². The first-order chi connectivity index (χ1) is 7.42. The standard InChI is InChI=1S/C15H14/c1-2-15(13-9-5-3-6-10-13)14-11-7-4-8-12-14/h2-12,15H,1H2. The van der Waals surface area contributed by atoms with E-state index in [1.807, 2.05) is 18.2 Å². The number of rotatable bonds is 3. The summed E-state index contributed by atoms with van der Waals surface area (Å²) in [5.74, 6) is 0.299. The number of hydrogen-bond acceptors (Lipinski definition) is 0. The molecule has 0 fully saturated rings. The van der Waals surface area contributed by atoms with Gasteiger partial charge in [-0.15, -0.1) is 6.58 Å². The first kappa shape index (κ1) is 9.72. The molecule has 0 aliphatic heterocycles. The van der Waals surface area contributed by atoms with Crippen molar-refractivity contribution < 1.29 is 0 Å². The lowest BCUT2D eigenvalue weighted by atomic mass is 9.92. The van der Waals surface area contributed by atoms with Crippen molar-refractivity contribution in [1.29, 1.82) is 0 Å². The maximum atomic E-state index is 3.91. The van der Waals surface area contributed by atoms with Crippen molar-refractivity contribution in [3.05, 3.63) is 84.4 Å². The monoisotopic (exact) mass is 194 g/mol. The van der Waals surface area contributed by atoms with E-state index in [4.69, 9.17) is 0 Å². The molecule has 0 heteroatoms. The van der Waals surface area contributed by atoms with Gasteiger partial charge in [-0.05, 0) is 11.1 Å². The minimum atomic E-state index is 0.299. The molecule has 0 nitrogen and oxygen atoms in total. The predicted octanol–water partition coefficient (Wildman–Crippen LogP) is 4.00. The Morgan fingerprint density at radius 3 is 1.47 bits per heavy atom. The SMILES string of the molecule is C=CC(c1ccccc1)c1ccccc1. The van der Waals surface area contributed by atoms with Crippen LogP contribution < -0.4 is 0 Å². The van der Waals surface area contributed by atoms with Gasteiger partial charge in [0.05, 0.1) is 0 Å². The molecule has 2 aromatic carbocycles. The van der Waals surface area contributed by atoms with E-state index in [1.165, 1.54) is 11.1 Å². The Morgan fingerprint density at radius 2 is 1.13 bits per heavy atom. The Bertz CT molecular complexity index is 375. The van der Waals surface area contributed by atoms with Crippen LogP contribution in [-0.4, -0.2) is 0 Å². The van der Waals surface area contributed by atoms with Crippen LogP contribution in [0.1, 0.15) is 17.0 Å². The minimum Gasteiger partial charge on any atom is -0.102 e. The fourth-order valence-corrected chi connectivity index (χ4v) is 1.79. The third kappa shape index (κ3) is 2.16. The second-order valence-electron chi connectivity index (χ2n) is 3.53. The van der Waals surface area contributed by atoms with Crippen LogP contribution in [0, 0.1) is 0 Å². The Hall–Kier alpha value is -1.82. The van der Waals surface area contributed by atoms with Crippen molar-refractivity contribution >= 4 is 0 Å². The molecule has 74 valence electrons. The van der Waals surface area contributed by atoms with Gasteiger partial charge in [0.2, 0.25) is 0 Å². The Labute approximate surface area is 90.9 Å².